The van der Waals surface area contributed by atoms with E-state index in [2.05, 4.69) is 4.90 Å². The van der Waals surface area contributed by atoms with Crippen LogP contribution < -0.4 is 4.90 Å². The molecule has 3 atom stereocenters. The number of halogens is 4. The molecule has 2 aliphatic heterocycles. The first kappa shape index (κ1) is 29.9. The van der Waals surface area contributed by atoms with Crippen molar-refractivity contribution in [3.63, 3.8) is 0 Å². The van der Waals surface area contributed by atoms with Crippen LogP contribution in [0.25, 0.3) is 0 Å². The molecule has 2 saturated heterocycles. The molecule has 1 N–H and O–H groups in total. The topological polar surface area (TPSA) is 73.3 Å². The van der Waals surface area contributed by atoms with E-state index in [0.717, 1.165) is 16.9 Å². The number of piperazine rings is 1. The fourth-order valence-electron chi connectivity index (χ4n) is 5.34. The van der Waals surface area contributed by atoms with E-state index in [4.69, 9.17) is 4.74 Å². The molecule has 222 valence electrons. The van der Waals surface area contributed by atoms with Gasteiger partial charge in [0.25, 0.3) is 10.0 Å². The van der Waals surface area contributed by atoms with Crippen LogP contribution in [0.2, 0.25) is 0 Å². The summed E-state index contributed by atoms with van der Waals surface area (Å²) in [5.74, 6) is -0.349. The summed E-state index contributed by atoms with van der Waals surface area (Å²) < 4.78 is 88.1. The number of alkyl halides is 3. The van der Waals surface area contributed by atoms with Gasteiger partial charge in [-0.25, -0.2) is 12.8 Å². The largest absolute Gasteiger partial charge is 0.421 e. The number of sulfonamides is 1. The van der Waals surface area contributed by atoms with Gasteiger partial charge in [0.15, 0.2) is 5.60 Å². The Hall–Kier alpha value is -2.55. The molecule has 3 aromatic rings. The highest BCUT2D eigenvalue weighted by molar-refractivity contribution is 7.91. The maximum atomic E-state index is 13.6. The Labute approximate surface area is 240 Å². The summed E-state index contributed by atoms with van der Waals surface area (Å²) in [7, 11) is -3.73. The lowest BCUT2D eigenvalue weighted by Gasteiger charge is -2.46. The number of ether oxygens (including phenoxy) is 1. The minimum atomic E-state index is -4.84. The smallest absolute Gasteiger partial charge is 0.378 e. The standard InChI is InChI=1S/C28H31F4N3O4S2/c1-27(36,28(30,31)32)21-6-10-23(11-7-21)35-13-12-34(41(37,38)26-3-2-16-40-26)18-24(35)17-33-14-15-39-19-25(33)20-4-8-22(29)9-5-20/h2-11,16,24-25,36H,12-15,17-19H2,1H3/t24-,25-,27-/m0/s1. The van der Waals surface area contributed by atoms with Crippen LogP contribution in [0.15, 0.2) is 70.3 Å². The predicted molar refractivity (Wildman–Crippen MR) is 148 cm³/mol. The van der Waals surface area contributed by atoms with E-state index in [9.17, 15) is 31.1 Å². The highest BCUT2D eigenvalue weighted by Crippen LogP contribution is 2.39. The summed E-state index contributed by atoms with van der Waals surface area (Å²) in [6.45, 7) is 3.25. The van der Waals surface area contributed by atoms with Gasteiger partial charge in [0, 0.05) is 38.4 Å². The second-order valence-corrected chi connectivity index (χ2v) is 13.5. The number of benzene rings is 2. The molecule has 0 bridgehead atoms. The first-order chi connectivity index (χ1) is 19.4. The third kappa shape index (κ3) is 6.15. The number of hydrogen-bond acceptors (Lipinski definition) is 7. The Morgan fingerprint density at radius 2 is 1.73 bits per heavy atom. The molecule has 13 heteroatoms. The van der Waals surface area contributed by atoms with Crippen molar-refractivity contribution in [2.24, 2.45) is 0 Å². The summed E-state index contributed by atoms with van der Waals surface area (Å²) in [6, 6.07) is 14.5. The van der Waals surface area contributed by atoms with E-state index in [-0.39, 0.29) is 40.8 Å². The fourth-order valence-corrected chi connectivity index (χ4v) is 7.95. The molecule has 2 fully saturated rings. The molecule has 0 spiro atoms. The van der Waals surface area contributed by atoms with E-state index in [1.54, 1.807) is 29.6 Å². The van der Waals surface area contributed by atoms with Gasteiger partial charge in [-0.2, -0.15) is 17.5 Å². The van der Waals surface area contributed by atoms with Gasteiger partial charge in [0.05, 0.1) is 25.3 Å². The number of nitrogens with zero attached hydrogens (tertiary/aromatic N) is 3. The Morgan fingerprint density at radius 1 is 1.02 bits per heavy atom. The van der Waals surface area contributed by atoms with Crippen LogP contribution in [0.3, 0.4) is 0 Å². The predicted octanol–water partition coefficient (Wildman–Crippen LogP) is 4.61. The second-order valence-electron chi connectivity index (χ2n) is 10.4. The monoisotopic (exact) mass is 613 g/mol. The van der Waals surface area contributed by atoms with Gasteiger partial charge in [-0.1, -0.05) is 30.3 Å². The van der Waals surface area contributed by atoms with E-state index < -0.39 is 21.8 Å². The molecular weight excluding hydrogens is 582 g/mol. The lowest BCUT2D eigenvalue weighted by Crippen LogP contribution is -2.59. The number of rotatable bonds is 7. The highest BCUT2D eigenvalue weighted by atomic mass is 32.2. The van der Waals surface area contributed by atoms with E-state index >= 15 is 0 Å². The van der Waals surface area contributed by atoms with Gasteiger partial charge >= 0.3 is 6.18 Å². The Balaban J connectivity index is 1.44. The highest BCUT2D eigenvalue weighted by Gasteiger charge is 2.51. The molecule has 1 aromatic heterocycles. The van der Waals surface area contributed by atoms with E-state index in [1.807, 2.05) is 4.90 Å². The zero-order valence-electron chi connectivity index (χ0n) is 22.3. The van der Waals surface area contributed by atoms with Gasteiger partial charge < -0.3 is 14.7 Å². The van der Waals surface area contributed by atoms with E-state index in [0.29, 0.717) is 45.5 Å². The van der Waals surface area contributed by atoms with Crippen molar-refractivity contribution in [2.45, 2.75) is 35.0 Å². The van der Waals surface area contributed by atoms with Crippen molar-refractivity contribution in [1.29, 1.82) is 0 Å². The van der Waals surface area contributed by atoms with Crippen molar-refractivity contribution in [3.8, 4) is 0 Å². The molecule has 3 heterocycles. The van der Waals surface area contributed by atoms with Crippen LogP contribution in [0.1, 0.15) is 24.1 Å². The Morgan fingerprint density at radius 3 is 2.37 bits per heavy atom. The summed E-state index contributed by atoms with van der Waals surface area (Å²) in [5, 5.41) is 11.8. The van der Waals surface area contributed by atoms with Crippen LogP contribution in [0.4, 0.5) is 23.2 Å². The maximum Gasteiger partial charge on any atom is 0.421 e. The van der Waals surface area contributed by atoms with Crippen LogP contribution in [0, 0.1) is 5.82 Å². The summed E-state index contributed by atoms with van der Waals surface area (Å²) in [5.41, 5.74) is -1.80. The zero-order valence-corrected chi connectivity index (χ0v) is 23.9. The lowest BCUT2D eigenvalue weighted by atomic mass is 9.95. The SMILES string of the molecule is C[C@](O)(c1ccc(N2CCN(S(=O)(=O)c3cccs3)C[C@@H]2CN2CCOC[C@H]2c2ccc(F)cc2)cc1)C(F)(F)F. The van der Waals surface area contributed by atoms with Crippen molar-refractivity contribution >= 4 is 27.0 Å². The molecule has 0 unspecified atom stereocenters. The van der Waals surface area contributed by atoms with Crippen molar-refractivity contribution in [3.05, 3.63) is 83.0 Å². The molecule has 5 rings (SSSR count). The normalized spacial score (nSPS) is 22.9. The molecule has 0 aliphatic carbocycles. The summed E-state index contributed by atoms with van der Waals surface area (Å²) in [6.07, 6.45) is -4.84. The van der Waals surface area contributed by atoms with Gasteiger partial charge in [-0.05, 0) is 53.8 Å². The van der Waals surface area contributed by atoms with Crippen LogP contribution in [-0.4, -0.2) is 80.9 Å². The lowest BCUT2D eigenvalue weighted by molar-refractivity contribution is -0.258. The summed E-state index contributed by atoms with van der Waals surface area (Å²) >= 11 is 1.15. The van der Waals surface area contributed by atoms with Gasteiger partial charge in [-0.15, -0.1) is 11.3 Å². The van der Waals surface area contributed by atoms with Crippen LogP contribution >= 0.6 is 11.3 Å². The van der Waals surface area contributed by atoms with Crippen molar-refractivity contribution < 1.29 is 35.8 Å². The molecule has 0 amide bonds. The van der Waals surface area contributed by atoms with Crippen LogP contribution in [0.5, 0.6) is 0 Å². The number of thiophene rings is 1. The van der Waals surface area contributed by atoms with Crippen molar-refractivity contribution in [2.75, 3.05) is 50.8 Å². The molecule has 2 aromatic carbocycles. The van der Waals surface area contributed by atoms with E-state index in [1.165, 1.54) is 40.7 Å². The molecule has 0 saturated carbocycles. The average Bonchev–Trinajstić information content (AvgIpc) is 3.50. The third-order valence-electron chi connectivity index (χ3n) is 7.79. The minimum Gasteiger partial charge on any atom is -0.378 e. The number of anilines is 1. The average molecular weight is 614 g/mol. The summed E-state index contributed by atoms with van der Waals surface area (Å²) in [4.78, 5) is 4.18. The molecule has 0 radical (unpaired) electrons. The minimum absolute atomic E-state index is 0.162. The quantitative estimate of drug-likeness (QED) is 0.393. The number of aliphatic hydroxyl groups is 1. The molecule has 41 heavy (non-hydrogen) atoms. The third-order valence-corrected chi connectivity index (χ3v) is 11.0. The maximum absolute atomic E-state index is 13.6. The second kappa shape index (κ2) is 11.6. The Bertz CT molecular complexity index is 1420. The first-order valence-corrected chi connectivity index (χ1v) is 15.5. The molecular formula is C28H31F4N3O4S2. The van der Waals surface area contributed by atoms with Gasteiger partial charge in [-0.3, -0.25) is 4.90 Å². The van der Waals surface area contributed by atoms with Crippen LogP contribution in [-0.2, 0) is 20.4 Å². The zero-order chi connectivity index (χ0) is 29.4. The molecule has 2 aliphatic rings. The number of morpholine rings is 1. The number of hydrogen-bond donors (Lipinski definition) is 1. The van der Waals surface area contributed by atoms with Gasteiger partial charge in [0.1, 0.15) is 10.0 Å². The first-order valence-electron chi connectivity index (χ1n) is 13.1. The van der Waals surface area contributed by atoms with Gasteiger partial charge in [0.2, 0.25) is 0 Å². The fraction of sp³-hybridized carbons (Fsp3) is 0.429. The molecule has 7 nitrogen and oxygen atoms in total. The van der Waals surface area contributed by atoms with Crippen molar-refractivity contribution in [1.82, 2.24) is 9.21 Å². The Kier molecular flexibility index (Phi) is 8.48.